The Hall–Kier alpha value is -1.86. The fourth-order valence-corrected chi connectivity index (χ4v) is 3.08. The molecule has 3 rings (SSSR count). The molecule has 0 aliphatic carbocycles. The van der Waals surface area contributed by atoms with Gasteiger partial charge in [-0.3, -0.25) is 9.80 Å². The average Bonchev–Trinajstić information content (AvgIpc) is 2.59. The first-order valence-corrected chi connectivity index (χ1v) is 8.29. The second kappa shape index (κ2) is 7.61. The van der Waals surface area contributed by atoms with Crippen LogP contribution in [0.25, 0.3) is 0 Å². The van der Waals surface area contributed by atoms with Gasteiger partial charge in [-0.25, -0.2) is 0 Å². The Balaban J connectivity index is 1.50. The molecule has 0 radical (unpaired) electrons. The number of nitrogens with zero attached hydrogens (tertiary/aromatic N) is 3. The molecular formula is C19H20ClN3. The van der Waals surface area contributed by atoms with E-state index in [0.29, 0.717) is 0 Å². The first-order valence-electron chi connectivity index (χ1n) is 7.91. The molecule has 118 valence electrons. The summed E-state index contributed by atoms with van der Waals surface area (Å²) in [6, 6.07) is 18.2. The SMILES string of the molecule is N#Cc1cccc(CN2CCN(Cc3ccc(Cl)cc3)CC2)c1. The zero-order chi connectivity index (χ0) is 16.1. The van der Waals surface area contributed by atoms with Crippen molar-refractivity contribution in [2.24, 2.45) is 0 Å². The van der Waals surface area contributed by atoms with Crippen molar-refractivity contribution in [3.63, 3.8) is 0 Å². The maximum absolute atomic E-state index is 8.98. The quantitative estimate of drug-likeness (QED) is 0.861. The van der Waals surface area contributed by atoms with Crippen LogP contribution in [0.2, 0.25) is 5.02 Å². The van der Waals surface area contributed by atoms with Crippen LogP contribution in [0.15, 0.2) is 48.5 Å². The molecule has 0 spiro atoms. The molecule has 2 aromatic carbocycles. The van der Waals surface area contributed by atoms with Crippen molar-refractivity contribution in [1.82, 2.24) is 9.80 Å². The maximum Gasteiger partial charge on any atom is 0.0991 e. The van der Waals surface area contributed by atoms with Crippen molar-refractivity contribution in [2.75, 3.05) is 26.2 Å². The van der Waals surface area contributed by atoms with E-state index in [1.165, 1.54) is 11.1 Å². The minimum Gasteiger partial charge on any atom is -0.297 e. The van der Waals surface area contributed by atoms with Gasteiger partial charge in [-0.1, -0.05) is 35.9 Å². The highest BCUT2D eigenvalue weighted by molar-refractivity contribution is 6.30. The summed E-state index contributed by atoms with van der Waals surface area (Å²) in [5, 5.41) is 9.77. The lowest BCUT2D eigenvalue weighted by atomic mass is 10.1. The van der Waals surface area contributed by atoms with E-state index in [1.54, 1.807) is 0 Å². The van der Waals surface area contributed by atoms with E-state index in [2.05, 4.69) is 34.1 Å². The lowest BCUT2D eigenvalue weighted by molar-refractivity contribution is 0.122. The minimum absolute atomic E-state index is 0.740. The van der Waals surface area contributed by atoms with Gasteiger partial charge < -0.3 is 0 Å². The van der Waals surface area contributed by atoms with Gasteiger partial charge in [-0.15, -0.1) is 0 Å². The molecular weight excluding hydrogens is 306 g/mol. The third-order valence-electron chi connectivity index (χ3n) is 4.25. The highest BCUT2D eigenvalue weighted by Gasteiger charge is 2.17. The number of benzene rings is 2. The molecule has 0 saturated carbocycles. The molecule has 0 bridgehead atoms. The van der Waals surface area contributed by atoms with Crippen molar-refractivity contribution in [1.29, 1.82) is 5.26 Å². The summed E-state index contributed by atoms with van der Waals surface area (Å²) >= 11 is 5.93. The fourth-order valence-electron chi connectivity index (χ4n) is 2.95. The first kappa shape index (κ1) is 16.0. The van der Waals surface area contributed by atoms with Gasteiger partial charge in [0.25, 0.3) is 0 Å². The van der Waals surface area contributed by atoms with E-state index >= 15 is 0 Å². The molecule has 3 nitrogen and oxygen atoms in total. The Morgan fingerprint density at radius 3 is 2.09 bits per heavy atom. The van der Waals surface area contributed by atoms with Crippen molar-refractivity contribution < 1.29 is 0 Å². The molecule has 0 amide bonds. The van der Waals surface area contributed by atoms with Gasteiger partial charge in [0.1, 0.15) is 0 Å². The Morgan fingerprint density at radius 1 is 0.870 bits per heavy atom. The average molecular weight is 326 g/mol. The van der Waals surface area contributed by atoms with Crippen LogP contribution in [0, 0.1) is 11.3 Å². The van der Waals surface area contributed by atoms with Crippen LogP contribution in [0.5, 0.6) is 0 Å². The van der Waals surface area contributed by atoms with Gasteiger partial charge in [0.2, 0.25) is 0 Å². The van der Waals surface area contributed by atoms with E-state index in [4.69, 9.17) is 16.9 Å². The third-order valence-corrected chi connectivity index (χ3v) is 4.50. The molecule has 1 fully saturated rings. The largest absolute Gasteiger partial charge is 0.297 e. The minimum atomic E-state index is 0.740. The Kier molecular flexibility index (Phi) is 5.30. The van der Waals surface area contributed by atoms with Crippen molar-refractivity contribution in [3.8, 4) is 6.07 Å². The van der Waals surface area contributed by atoms with E-state index in [0.717, 1.165) is 49.9 Å². The second-order valence-corrected chi connectivity index (χ2v) is 6.43. The maximum atomic E-state index is 8.98. The zero-order valence-corrected chi connectivity index (χ0v) is 13.8. The Labute approximate surface area is 142 Å². The molecule has 1 saturated heterocycles. The number of halogens is 1. The van der Waals surface area contributed by atoms with Gasteiger partial charge in [-0.05, 0) is 35.4 Å². The van der Waals surface area contributed by atoms with Crippen molar-refractivity contribution in [2.45, 2.75) is 13.1 Å². The van der Waals surface area contributed by atoms with Crippen molar-refractivity contribution in [3.05, 3.63) is 70.2 Å². The van der Waals surface area contributed by atoms with Gasteiger partial charge in [-0.2, -0.15) is 5.26 Å². The van der Waals surface area contributed by atoms with E-state index in [-0.39, 0.29) is 0 Å². The van der Waals surface area contributed by atoms with Crippen LogP contribution < -0.4 is 0 Å². The van der Waals surface area contributed by atoms with Gasteiger partial charge in [0, 0.05) is 44.3 Å². The molecule has 1 aliphatic rings. The normalized spacial score (nSPS) is 16.2. The summed E-state index contributed by atoms with van der Waals surface area (Å²) in [5.41, 5.74) is 3.27. The molecule has 2 aromatic rings. The predicted octanol–water partition coefficient (Wildman–Crippen LogP) is 3.53. The summed E-state index contributed by atoms with van der Waals surface area (Å²) in [4.78, 5) is 4.93. The highest BCUT2D eigenvalue weighted by Crippen LogP contribution is 2.14. The van der Waals surface area contributed by atoms with E-state index in [1.807, 2.05) is 30.3 Å². The van der Waals surface area contributed by atoms with Crippen LogP contribution in [0.4, 0.5) is 0 Å². The molecule has 4 heteroatoms. The molecule has 1 aliphatic heterocycles. The number of nitriles is 1. The number of hydrogen-bond acceptors (Lipinski definition) is 3. The van der Waals surface area contributed by atoms with Crippen LogP contribution in [-0.4, -0.2) is 36.0 Å². The molecule has 0 aromatic heterocycles. The van der Waals surface area contributed by atoms with Crippen LogP contribution in [-0.2, 0) is 13.1 Å². The number of piperazine rings is 1. The zero-order valence-electron chi connectivity index (χ0n) is 13.1. The molecule has 23 heavy (non-hydrogen) atoms. The standard InChI is InChI=1S/C19H20ClN3/c20-19-6-4-16(5-7-19)14-22-8-10-23(11-9-22)15-18-3-1-2-17(12-18)13-21/h1-7,12H,8-11,14-15H2. The lowest BCUT2D eigenvalue weighted by Gasteiger charge is -2.34. The predicted molar refractivity (Wildman–Crippen MR) is 93.2 cm³/mol. The summed E-state index contributed by atoms with van der Waals surface area (Å²) < 4.78 is 0. The van der Waals surface area contributed by atoms with Gasteiger partial charge >= 0.3 is 0 Å². The molecule has 1 heterocycles. The Morgan fingerprint density at radius 2 is 1.48 bits per heavy atom. The van der Waals surface area contributed by atoms with Crippen LogP contribution in [0.3, 0.4) is 0 Å². The lowest BCUT2D eigenvalue weighted by Crippen LogP contribution is -2.45. The highest BCUT2D eigenvalue weighted by atomic mass is 35.5. The summed E-state index contributed by atoms with van der Waals surface area (Å²) in [5.74, 6) is 0. The van der Waals surface area contributed by atoms with Gasteiger partial charge in [0.15, 0.2) is 0 Å². The summed E-state index contributed by atoms with van der Waals surface area (Å²) in [7, 11) is 0. The molecule has 0 unspecified atom stereocenters. The smallest absolute Gasteiger partial charge is 0.0991 e. The van der Waals surface area contributed by atoms with Crippen LogP contribution >= 0.6 is 11.6 Å². The number of rotatable bonds is 4. The summed E-state index contributed by atoms with van der Waals surface area (Å²) in [6.07, 6.45) is 0. The van der Waals surface area contributed by atoms with E-state index in [9.17, 15) is 0 Å². The second-order valence-electron chi connectivity index (χ2n) is 5.99. The van der Waals surface area contributed by atoms with E-state index < -0.39 is 0 Å². The topological polar surface area (TPSA) is 30.3 Å². The Bertz CT molecular complexity index is 683. The first-order chi connectivity index (χ1) is 11.2. The third kappa shape index (κ3) is 4.56. The monoisotopic (exact) mass is 325 g/mol. The molecule has 0 N–H and O–H groups in total. The van der Waals surface area contributed by atoms with Crippen LogP contribution in [0.1, 0.15) is 16.7 Å². The van der Waals surface area contributed by atoms with Gasteiger partial charge in [0.05, 0.1) is 11.6 Å². The summed E-state index contributed by atoms with van der Waals surface area (Å²) in [6.45, 7) is 6.16. The fraction of sp³-hybridized carbons (Fsp3) is 0.316. The van der Waals surface area contributed by atoms with Crippen molar-refractivity contribution >= 4 is 11.6 Å². The number of hydrogen-bond donors (Lipinski definition) is 0. The molecule has 0 atom stereocenters.